The third kappa shape index (κ3) is 2.26. The van der Waals surface area contributed by atoms with Crippen LogP contribution in [0.1, 0.15) is 19.4 Å². The van der Waals surface area contributed by atoms with Gasteiger partial charge in [0.05, 0.1) is 13.0 Å². The van der Waals surface area contributed by atoms with Crippen LogP contribution in [0.25, 0.3) is 6.08 Å². The largest absolute Gasteiger partial charge is 0.469 e. The van der Waals surface area contributed by atoms with Gasteiger partial charge in [0.25, 0.3) is 0 Å². The molecular weight excluding hydrogens is 212 g/mol. The Labute approximate surface area is 102 Å². The molecule has 1 aromatic rings. The van der Waals surface area contributed by atoms with Crippen molar-refractivity contribution >= 4 is 12.0 Å². The molecule has 0 aliphatic heterocycles. The molecule has 0 aromatic heterocycles. The number of hydrogen-bond acceptors (Lipinski definition) is 2. The van der Waals surface area contributed by atoms with Crippen molar-refractivity contribution in [1.82, 2.24) is 0 Å². The average molecular weight is 230 g/mol. The van der Waals surface area contributed by atoms with Crippen molar-refractivity contribution in [3.05, 3.63) is 42.0 Å². The van der Waals surface area contributed by atoms with Crippen molar-refractivity contribution in [2.24, 2.45) is 17.3 Å². The number of esters is 1. The van der Waals surface area contributed by atoms with E-state index in [0.29, 0.717) is 0 Å². The summed E-state index contributed by atoms with van der Waals surface area (Å²) in [7, 11) is 1.45. The number of benzene rings is 1. The second-order valence-electron chi connectivity index (χ2n) is 5.12. The van der Waals surface area contributed by atoms with Gasteiger partial charge in [-0.3, -0.25) is 4.79 Å². The molecule has 90 valence electrons. The standard InChI is InChI=1S/C15H18O2/c1-15(2)12(13(15)14(16)17-3)10-9-11-7-5-4-6-8-11/h4-10,12-13H,1-3H3/b10-9-/t12-,13+/m0/s1. The SMILES string of the molecule is COC(=O)[C@H]1[C@H](/C=C\c2ccccc2)C1(C)C. The number of ether oxygens (including phenoxy) is 1. The highest BCUT2D eigenvalue weighted by Crippen LogP contribution is 2.59. The van der Waals surface area contributed by atoms with Gasteiger partial charge in [-0.2, -0.15) is 0 Å². The fraction of sp³-hybridized carbons (Fsp3) is 0.400. The summed E-state index contributed by atoms with van der Waals surface area (Å²) in [5, 5.41) is 0. The molecule has 2 atom stereocenters. The Morgan fingerprint density at radius 3 is 2.53 bits per heavy atom. The van der Waals surface area contributed by atoms with E-state index in [1.807, 2.05) is 18.2 Å². The highest BCUT2D eigenvalue weighted by Gasteiger charge is 2.61. The molecule has 2 heteroatoms. The van der Waals surface area contributed by atoms with Gasteiger partial charge >= 0.3 is 5.97 Å². The maximum absolute atomic E-state index is 11.6. The lowest BCUT2D eigenvalue weighted by Gasteiger charge is -1.99. The Morgan fingerprint density at radius 2 is 1.94 bits per heavy atom. The summed E-state index contributed by atoms with van der Waals surface area (Å²) in [5.74, 6) is 0.195. The zero-order chi connectivity index (χ0) is 12.5. The maximum Gasteiger partial charge on any atom is 0.309 e. The number of carbonyl (C=O) groups excluding carboxylic acids is 1. The van der Waals surface area contributed by atoms with Gasteiger partial charge in [0, 0.05) is 0 Å². The lowest BCUT2D eigenvalue weighted by atomic mass is 10.1. The van der Waals surface area contributed by atoms with Crippen molar-refractivity contribution in [1.29, 1.82) is 0 Å². The molecule has 0 radical (unpaired) electrons. The Balaban J connectivity index is 2.06. The fourth-order valence-electron chi connectivity index (χ4n) is 2.39. The minimum Gasteiger partial charge on any atom is -0.469 e. The first kappa shape index (κ1) is 11.9. The molecule has 0 bridgehead atoms. The van der Waals surface area contributed by atoms with E-state index in [2.05, 4.69) is 38.1 Å². The van der Waals surface area contributed by atoms with E-state index >= 15 is 0 Å². The molecule has 2 rings (SSSR count). The molecule has 1 aliphatic rings. The van der Waals surface area contributed by atoms with E-state index in [1.165, 1.54) is 12.7 Å². The van der Waals surface area contributed by atoms with Crippen LogP contribution in [0.5, 0.6) is 0 Å². The van der Waals surface area contributed by atoms with Crippen molar-refractivity contribution < 1.29 is 9.53 Å². The van der Waals surface area contributed by atoms with E-state index in [-0.39, 0.29) is 23.2 Å². The Morgan fingerprint density at radius 1 is 1.29 bits per heavy atom. The van der Waals surface area contributed by atoms with Crippen molar-refractivity contribution in [2.45, 2.75) is 13.8 Å². The molecule has 1 aromatic carbocycles. The van der Waals surface area contributed by atoms with Crippen molar-refractivity contribution in [2.75, 3.05) is 7.11 Å². The third-order valence-electron chi connectivity index (χ3n) is 3.66. The van der Waals surface area contributed by atoms with Gasteiger partial charge < -0.3 is 4.74 Å². The number of hydrogen-bond donors (Lipinski definition) is 0. The van der Waals surface area contributed by atoms with E-state index in [0.717, 1.165) is 0 Å². The topological polar surface area (TPSA) is 26.3 Å². The molecule has 0 spiro atoms. The van der Waals surface area contributed by atoms with Crippen LogP contribution < -0.4 is 0 Å². The average Bonchev–Trinajstić information content (AvgIpc) is 2.89. The van der Waals surface area contributed by atoms with E-state index in [4.69, 9.17) is 4.74 Å². The first-order chi connectivity index (χ1) is 8.07. The fourth-order valence-corrected chi connectivity index (χ4v) is 2.39. The molecule has 0 saturated heterocycles. The minimum atomic E-state index is -0.0993. The van der Waals surface area contributed by atoms with Gasteiger partial charge in [-0.15, -0.1) is 0 Å². The number of carbonyl (C=O) groups is 1. The predicted molar refractivity (Wildman–Crippen MR) is 68.3 cm³/mol. The predicted octanol–water partition coefficient (Wildman–Crippen LogP) is 3.15. The second-order valence-corrected chi connectivity index (χ2v) is 5.12. The van der Waals surface area contributed by atoms with Gasteiger partial charge in [-0.1, -0.05) is 56.3 Å². The van der Waals surface area contributed by atoms with Gasteiger partial charge in [-0.05, 0) is 16.9 Å². The van der Waals surface area contributed by atoms with Crippen LogP contribution in [0.15, 0.2) is 36.4 Å². The quantitative estimate of drug-likeness (QED) is 0.746. The molecule has 0 heterocycles. The Hall–Kier alpha value is -1.57. The molecule has 1 aliphatic carbocycles. The summed E-state index contributed by atoms with van der Waals surface area (Å²) in [5.41, 5.74) is 1.19. The highest BCUT2D eigenvalue weighted by atomic mass is 16.5. The molecule has 0 unspecified atom stereocenters. The van der Waals surface area contributed by atoms with Gasteiger partial charge in [-0.25, -0.2) is 0 Å². The summed E-state index contributed by atoms with van der Waals surface area (Å²) in [6.07, 6.45) is 4.20. The lowest BCUT2D eigenvalue weighted by molar-refractivity contribution is -0.143. The van der Waals surface area contributed by atoms with Crippen LogP contribution in [0.3, 0.4) is 0 Å². The number of allylic oxidation sites excluding steroid dienone is 1. The molecule has 17 heavy (non-hydrogen) atoms. The van der Waals surface area contributed by atoms with Crippen molar-refractivity contribution in [3.8, 4) is 0 Å². The van der Waals surface area contributed by atoms with E-state index in [1.54, 1.807) is 0 Å². The third-order valence-corrected chi connectivity index (χ3v) is 3.66. The molecule has 0 amide bonds. The molecule has 1 saturated carbocycles. The second kappa shape index (κ2) is 4.36. The summed E-state index contributed by atoms with van der Waals surface area (Å²) in [6, 6.07) is 10.1. The van der Waals surface area contributed by atoms with Crippen LogP contribution in [0.2, 0.25) is 0 Å². The minimum absolute atomic E-state index is 0.00691. The lowest BCUT2D eigenvalue weighted by Crippen LogP contribution is -2.07. The Bertz CT molecular complexity index is 431. The van der Waals surface area contributed by atoms with Gasteiger partial charge in [0.1, 0.15) is 0 Å². The van der Waals surface area contributed by atoms with Crippen molar-refractivity contribution in [3.63, 3.8) is 0 Å². The monoisotopic (exact) mass is 230 g/mol. The van der Waals surface area contributed by atoms with E-state index in [9.17, 15) is 4.79 Å². The zero-order valence-electron chi connectivity index (χ0n) is 10.5. The van der Waals surface area contributed by atoms with Crippen LogP contribution in [-0.4, -0.2) is 13.1 Å². The Kier molecular flexibility index (Phi) is 3.05. The van der Waals surface area contributed by atoms with Crippen LogP contribution in [0.4, 0.5) is 0 Å². The molecule has 2 nitrogen and oxygen atoms in total. The summed E-state index contributed by atoms with van der Waals surface area (Å²) < 4.78 is 4.82. The molecule has 0 N–H and O–H groups in total. The number of methoxy groups -OCH3 is 1. The van der Waals surface area contributed by atoms with Crippen LogP contribution in [0, 0.1) is 17.3 Å². The smallest absolute Gasteiger partial charge is 0.309 e. The van der Waals surface area contributed by atoms with Crippen LogP contribution in [-0.2, 0) is 9.53 Å². The zero-order valence-corrected chi connectivity index (χ0v) is 10.5. The normalized spacial score (nSPS) is 25.8. The first-order valence-electron chi connectivity index (χ1n) is 5.88. The highest BCUT2D eigenvalue weighted by molar-refractivity contribution is 5.78. The van der Waals surface area contributed by atoms with Gasteiger partial charge in [0.15, 0.2) is 0 Å². The first-order valence-corrected chi connectivity index (χ1v) is 5.88. The van der Waals surface area contributed by atoms with E-state index < -0.39 is 0 Å². The van der Waals surface area contributed by atoms with Gasteiger partial charge in [0.2, 0.25) is 0 Å². The number of rotatable bonds is 3. The molecule has 1 fully saturated rings. The maximum atomic E-state index is 11.6. The summed E-state index contributed by atoms with van der Waals surface area (Å²) in [4.78, 5) is 11.6. The summed E-state index contributed by atoms with van der Waals surface area (Å²) in [6.45, 7) is 4.21. The van der Waals surface area contributed by atoms with Crippen LogP contribution >= 0.6 is 0 Å². The molecular formula is C15H18O2. The summed E-state index contributed by atoms with van der Waals surface area (Å²) >= 11 is 0.